The van der Waals surface area contributed by atoms with Gasteiger partial charge in [-0.05, 0) is 18.4 Å². The minimum Gasteiger partial charge on any atom is -0.272 e. The molecule has 1 heterocycles. The summed E-state index contributed by atoms with van der Waals surface area (Å²) in [6, 6.07) is 9.49. The Morgan fingerprint density at radius 1 is 1.40 bits per heavy atom. The van der Waals surface area contributed by atoms with Gasteiger partial charge in [-0.15, -0.1) is 11.8 Å². The highest BCUT2D eigenvalue weighted by atomic mass is 32.2. The smallest absolute Gasteiger partial charge is 0.257 e. The van der Waals surface area contributed by atoms with Crippen molar-refractivity contribution >= 4 is 39.5 Å². The van der Waals surface area contributed by atoms with Gasteiger partial charge >= 0.3 is 0 Å². The van der Waals surface area contributed by atoms with Gasteiger partial charge in [-0.25, -0.2) is 0 Å². The topological polar surface area (TPSA) is 32.7 Å². The zero-order valence-corrected chi connectivity index (χ0v) is 9.85. The Morgan fingerprint density at radius 2 is 2.13 bits per heavy atom. The van der Waals surface area contributed by atoms with Crippen molar-refractivity contribution in [1.29, 1.82) is 0 Å². The summed E-state index contributed by atoms with van der Waals surface area (Å²) in [5.74, 6) is 0.498. The molecule has 15 heavy (non-hydrogen) atoms. The number of anilines is 1. The van der Waals surface area contributed by atoms with Crippen LogP contribution in [0, 0.1) is 0 Å². The van der Waals surface area contributed by atoms with E-state index in [-0.39, 0.29) is 5.91 Å². The number of nitrogens with zero attached hydrogens (tertiary/aromatic N) is 2. The van der Waals surface area contributed by atoms with Crippen molar-refractivity contribution < 1.29 is 4.79 Å². The Labute approximate surface area is 96.9 Å². The molecular formula is C10H10N2OS2. The normalized spacial score (nSPS) is 16.5. The predicted molar refractivity (Wildman–Crippen MR) is 67.3 cm³/mol. The molecule has 1 aromatic carbocycles. The highest BCUT2D eigenvalue weighted by Gasteiger charge is 2.21. The summed E-state index contributed by atoms with van der Waals surface area (Å²) in [6.45, 7) is 0. The zero-order chi connectivity index (χ0) is 10.7. The first-order valence-corrected chi connectivity index (χ1v) is 6.65. The van der Waals surface area contributed by atoms with E-state index in [9.17, 15) is 4.79 Å². The number of carbonyl (C=O) groups is 1. The van der Waals surface area contributed by atoms with Crippen LogP contribution < -0.4 is 5.01 Å². The lowest BCUT2D eigenvalue weighted by molar-refractivity contribution is -0.116. The second kappa shape index (κ2) is 4.72. The zero-order valence-electron chi connectivity index (χ0n) is 8.21. The van der Waals surface area contributed by atoms with Crippen LogP contribution in [-0.2, 0) is 4.79 Å². The van der Waals surface area contributed by atoms with Crippen LogP contribution in [0.25, 0.3) is 0 Å². The van der Waals surface area contributed by atoms with Crippen molar-refractivity contribution in [3.05, 3.63) is 30.3 Å². The van der Waals surface area contributed by atoms with Gasteiger partial charge in [0.2, 0.25) is 0 Å². The number of carbonyl (C=O) groups excluding carboxylic acids is 1. The van der Waals surface area contributed by atoms with Crippen molar-refractivity contribution in [2.75, 3.05) is 17.0 Å². The molecule has 0 unspecified atom stereocenters. The lowest BCUT2D eigenvalue weighted by atomic mass is 10.3. The Kier molecular flexibility index (Phi) is 3.33. The third-order valence-electron chi connectivity index (χ3n) is 1.91. The van der Waals surface area contributed by atoms with Gasteiger partial charge in [0, 0.05) is 0 Å². The molecule has 0 radical (unpaired) electrons. The number of thioether (sulfide) groups is 2. The molecule has 0 saturated carbocycles. The van der Waals surface area contributed by atoms with Crippen LogP contribution in [0.5, 0.6) is 0 Å². The molecule has 1 aliphatic rings. The first kappa shape index (κ1) is 10.6. The van der Waals surface area contributed by atoms with E-state index in [1.165, 1.54) is 16.8 Å². The molecule has 0 spiro atoms. The van der Waals surface area contributed by atoms with Crippen molar-refractivity contribution in [3.63, 3.8) is 0 Å². The molecule has 0 fully saturated rings. The minimum atomic E-state index is 0.0315. The van der Waals surface area contributed by atoms with Gasteiger partial charge in [0.1, 0.15) is 0 Å². The minimum absolute atomic E-state index is 0.0315. The average Bonchev–Trinajstić information content (AvgIpc) is 2.31. The van der Waals surface area contributed by atoms with E-state index in [4.69, 9.17) is 0 Å². The van der Waals surface area contributed by atoms with Gasteiger partial charge in [0.15, 0.2) is 4.38 Å². The molecular weight excluding hydrogens is 228 g/mol. The quantitative estimate of drug-likeness (QED) is 0.753. The fourth-order valence-electron chi connectivity index (χ4n) is 1.22. The highest BCUT2D eigenvalue weighted by molar-refractivity contribution is 8.38. The fraction of sp³-hybridized carbons (Fsp3) is 0.200. The van der Waals surface area contributed by atoms with Gasteiger partial charge in [0.05, 0.1) is 11.4 Å². The second-order valence-corrected chi connectivity index (χ2v) is 4.92. The molecule has 0 aromatic heterocycles. The Hall–Kier alpha value is -0.940. The lowest BCUT2D eigenvalue weighted by Gasteiger charge is -2.21. The molecule has 0 bridgehead atoms. The van der Waals surface area contributed by atoms with E-state index in [1.807, 2.05) is 36.6 Å². The van der Waals surface area contributed by atoms with Gasteiger partial charge in [-0.3, -0.25) is 4.79 Å². The molecule has 0 N–H and O–H groups in total. The Balaban J connectivity index is 2.31. The number of benzene rings is 1. The molecule has 0 saturated heterocycles. The van der Waals surface area contributed by atoms with Crippen LogP contribution in [0.1, 0.15) is 0 Å². The third kappa shape index (κ3) is 2.35. The van der Waals surface area contributed by atoms with Crippen LogP contribution in [0.3, 0.4) is 0 Å². The standard InChI is InChI=1S/C10H10N2OS2/c1-14-10-11-12(9(13)7-15-10)8-5-3-2-4-6-8/h2-6H,7H2,1H3. The van der Waals surface area contributed by atoms with Gasteiger partial charge < -0.3 is 0 Å². The first-order valence-electron chi connectivity index (χ1n) is 4.44. The maximum Gasteiger partial charge on any atom is 0.257 e. The van der Waals surface area contributed by atoms with Gasteiger partial charge in [-0.2, -0.15) is 10.1 Å². The van der Waals surface area contributed by atoms with E-state index < -0.39 is 0 Å². The summed E-state index contributed by atoms with van der Waals surface area (Å²) in [7, 11) is 0. The van der Waals surface area contributed by atoms with E-state index in [2.05, 4.69) is 5.10 Å². The molecule has 1 aromatic rings. The molecule has 2 rings (SSSR count). The maximum atomic E-state index is 11.6. The lowest BCUT2D eigenvalue weighted by Crippen LogP contribution is -2.31. The van der Waals surface area contributed by atoms with E-state index in [0.717, 1.165) is 10.1 Å². The SMILES string of the molecule is CSC1=NN(c2ccccc2)C(=O)CS1. The van der Waals surface area contributed by atoms with Crippen molar-refractivity contribution in [1.82, 2.24) is 0 Å². The number of hydrogen-bond acceptors (Lipinski definition) is 4. The number of amides is 1. The van der Waals surface area contributed by atoms with Crippen molar-refractivity contribution in [3.8, 4) is 0 Å². The molecule has 78 valence electrons. The Bertz CT molecular complexity index is 392. The Morgan fingerprint density at radius 3 is 2.80 bits per heavy atom. The summed E-state index contributed by atoms with van der Waals surface area (Å²) >= 11 is 3.06. The second-order valence-electron chi connectivity index (χ2n) is 2.90. The molecule has 0 atom stereocenters. The summed E-state index contributed by atoms with van der Waals surface area (Å²) < 4.78 is 0.929. The van der Waals surface area contributed by atoms with Crippen LogP contribution in [0.4, 0.5) is 5.69 Å². The van der Waals surface area contributed by atoms with Gasteiger partial charge in [-0.1, -0.05) is 30.0 Å². The number of hydrazone groups is 1. The van der Waals surface area contributed by atoms with Crippen molar-refractivity contribution in [2.24, 2.45) is 5.10 Å². The molecule has 5 heteroatoms. The van der Waals surface area contributed by atoms with Crippen LogP contribution in [0.2, 0.25) is 0 Å². The number of hydrogen-bond donors (Lipinski definition) is 0. The molecule has 1 amide bonds. The van der Waals surface area contributed by atoms with E-state index in [1.54, 1.807) is 11.8 Å². The van der Waals surface area contributed by atoms with E-state index in [0.29, 0.717) is 5.75 Å². The number of rotatable bonds is 1. The van der Waals surface area contributed by atoms with Crippen LogP contribution in [0.15, 0.2) is 35.4 Å². The average molecular weight is 238 g/mol. The summed E-state index contributed by atoms with van der Waals surface area (Å²) in [5, 5.41) is 5.75. The van der Waals surface area contributed by atoms with Gasteiger partial charge in [0.25, 0.3) is 5.91 Å². The third-order valence-corrected chi connectivity index (χ3v) is 3.92. The highest BCUT2D eigenvalue weighted by Crippen LogP contribution is 2.25. The van der Waals surface area contributed by atoms with Crippen LogP contribution >= 0.6 is 23.5 Å². The summed E-state index contributed by atoms with van der Waals surface area (Å²) in [4.78, 5) is 11.6. The maximum absolute atomic E-state index is 11.6. The van der Waals surface area contributed by atoms with Crippen molar-refractivity contribution in [2.45, 2.75) is 0 Å². The summed E-state index contributed by atoms with van der Waals surface area (Å²) in [6.07, 6.45) is 1.96. The predicted octanol–water partition coefficient (Wildman–Crippen LogP) is 2.40. The fourth-order valence-corrected chi connectivity index (χ4v) is 2.54. The van der Waals surface area contributed by atoms with E-state index >= 15 is 0 Å². The first-order chi connectivity index (χ1) is 7.31. The molecule has 1 aliphatic heterocycles. The number of para-hydroxylation sites is 1. The molecule has 3 nitrogen and oxygen atoms in total. The summed E-state index contributed by atoms with van der Waals surface area (Å²) in [5.41, 5.74) is 0.828. The molecule has 0 aliphatic carbocycles. The monoisotopic (exact) mass is 238 g/mol. The van der Waals surface area contributed by atoms with Crippen LogP contribution in [-0.4, -0.2) is 22.3 Å². The largest absolute Gasteiger partial charge is 0.272 e.